The SMILES string of the molecule is O=C(O)c1ccnc(C(F)(F)CF)c1. The zero-order valence-electron chi connectivity index (χ0n) is 6.88. The highest BCUT2D eigenvalue weighted by Crippen LogP contribution is 2.26. The molecule has 0 saturated carbocycles. The van der Waals surface area contributed by atoms with E-state index in [0.717, 1.165) is 12.3 Å². The van der Waals surface area contributed by atoms with Crippen LogP contribution in [-0.2, 0) is 5.92 Å². The lowest BCUT2D eigenvalue weighted by atomic mass is 10.1. The van der Waals surface area contributed by atoms with Crippen molar-refractivity contribution >= 4 is 5.97 Å². The van der Waals surface area contributed by atoms with Crippen LogP contribution < -0.4 is 0 Å². The molecule has 0 unspecified atom stereocenters. The van der Waals surface area contributed by atoms with Crippen LogP contribution in [0.1, 0.15) is 16.1 Å². The topological polar surface area (TPSA) is 50.2 Å². The third-order valence-electron chi connectivity index (χ3n) is 1.55. The maximum atomic E-state index is 12.7. The molecule has 0 saturated heterocycles. The molecule has 1 aromatic rings. The van der Waals surface area contributed by atoms with Gasteiger partial charge in [-0.15, -0.1) is 0 Å². The van der Waals surface area contributed by atoms with Gasteiger partial charge in [0.1, 0.15) is 5.69 Å². The number of pyridine rings is 1. The van der Waals surface area contributed by atoms with Crippen LogP contribution in [0.3, 0.4) is 0 Å². The van der Waals surface area contributed by atoms with Gasteiger partial charge in [-0.05, 0) is 12.1 Å². The molecule has 0 radical (unpaired) electrons. The van der Waals surface area contributed by atoms with E-state index in [-0.39, 0.29) is 5.56 Å². The summed E-state index contributed by atoms with van der Waals surface area (Å²) in [4.78, 5) is 13.6. The van der Waals surface area contributed by atoms with Gasteiger partial charge < -0.3 is 5.11 Å². The predicted octanol–water partition coefficient (Wildman–Crippen LogP) is 1.84. The van der Waals surface area contributed by atoms with E-state index in [9.17, 15) is 18.0 Å². The first-order valence-corrected chi connectivity index (χ1v) is 3.61. The molecule has 76 valence electrons. The number of hydrogen-bond donors (Lipinski definition) is 1. The fraction of sp³-hybridized carbons (Fsp3) is 0.250. The molecule has 3 nitrogen and oxygen atoms in total. The van der Waals surface area contributed by atoms with E-state index in [0.29, 0.717) is 6.07 Å². The number of hydrogen-bond acceptors (Lipinski definition) is 2. The molecule has 1 N–H and O–H groups in total. The number of alkyl halides is 3. The Morgan fingerprint density at radius 1 is 1.57 bits per heavy atom. The molecule has 1 aromatic heterocycles. The Balaban J connectivity index is 3.12. The van der Waals surface area contributed by atoms with E-state index in [1.165, 1.54) is 0 Å². The lowest BCUT2D eigenvalue weighted by molar-refractivity contribution is -0.0322. The van der Waals surface area contributed by atoms with Crippen molar-refractivity contribution in [1.29, 1.82) is 0 Å². The van der Waals surface area contributed by atoms with E-state index in [4.69, 9.17) is 5.11 Å². The average molecular weight is 205 g/mol. The quantitative estimate of drug-likeness (QED) is 0.819. The molecular formula is C8H6F3NO2. The first-order chi connectivity index (χ1) is 6.47. The van der Waals surface area contributed by atoms with Crippen molar-refractivity contribution < 1.29 is 23.1 Å². The summed E-state index contributed by atoms with van der Waals surface area (Å²) in [6.45, 7) is -1.90. The summed E-state index contributed by atoms with van der Waals surface area (Å²) < 4.78 is 37.2. The van der Waals surface area contributed by atoms with Crippen LogP contribution in [0.2, 0.25) is 0 Å². The number of halogens is 3. The molecule has 14 heavy (non-hydrogen) atoms. The zero-order chi connectivity index (χ0) is 10.8. The second kappa shape index (κ2) is 3.65. The average Bonchev–Trinajstić information content (AvgIpc) is 2.18. The molecule has 0 amide bonds. The predicted molar refractivity (Wildman–Crippen MR) is 41.1 cm³/mol. The van der Waals surface area contributed by atoms with E-state index < -0.39 is 24.3 Å². The molecule has 1 rings (SSSR count). The summed E-state index contributed by atoms with van der Waals surface area (Å²) in [6, 6.07) is 1.71. The molecule has 1 heterocycles. The van der Waals surface area contributed by atoms with Gasteiger partial charge in [0.05, 0.1) is 5.56 Å². The van der Waals surface area contributed by atoms with Crippen molar-refractivity contribution in [3.63, 3.8) is 0 Å². The van der Waals surface area contributed by atoms with Crippen molar-refractivity contribution in [2.24, 2.45) is 0 Å². The number of aromatic nitrogens is 1. The van der Waals surface area contributed by atoms with E-state index in [1.54, 1.807) is 0 Å². The van der Waals surface area contributed by atoms with Crippen molar-refractivity contribution in [1.82, 2.24) is 4.98 Å². The molecule has 0 spiro atoms. The lowest BCUT2D eigenvalue weighted by Gasteiger charge is -2.10. The lowest BCUT2D eigenvalue weighted by Crippen LogP contribution is -2.18. The minimum atomic E-state index is -3.73. The third kappa shape index (κ3) is 2.01. The third-order valence-corrected chi connectivity index (χ3v) is 1.55. The first-order valence-electron chi connectivity index (χ1n) is 3.61. The largest absolute Gasteiger partial charge is 0.478 e. The highest BCUT2D eigenvalue weighted by molar-refractivity contribution is 5.87. The molecule has 0 aliphatic heterocycles. The number of nitrogens with zero attached hydrogens (tertiary/aromatic N) is 1. The van der Waals surface area contributed by atoms with Crippen LogP contribution in [0, 0.1) is 0 Å². The standard InChI is InChI=1S/C8H6F3NO2/c9-4-8(10,11)6-3-5(7(13)14)1-2-12-6/h1-3H,4H2,(H,13,14). The normalized spacial score (nSPS) is 11.4. The maximum absolute atomic E-state index is 12.7. The summed E-state index contributed by atoms with van der Waals surface area (Å²) in [5, 5.41) is 8.48. The molecule has 0 fully saturated rings. The highest BCUT2D eigenvalue weighted by Gasteiger charge is 2.33. The summed E-state index contributed by atoms with van der Waals surface area (Å²) in [5.74, 6) is -5.09. The van der Waals surface area contributed by atoms with Gasteiger partial charge >= 0.3 is 11.9 Å². The number of carboxylic acid groups (broad SMARTS) is 1. The molecule has 0 bridgehead atoms. The van der Waals surface area contributed by atoms with Crippen LogP contribution in [0.4, 0.5) is 13.2 Å². The maximum Gasteiger partial charge on any atom is 0.335 e. The molecule has 0 aliphatic carbocycles. The molecule has 0 aliphatic rings. The van der Waals surface area contributed by atoms with E-state index in [2.05, 4.69) is 4.98 Å². The summed E-state index contributed by atoms with van der Waals surface area (Å²) in [5.41, 5.74) is -1.22. The van der Waals surface area contributed by atoms with Gasteiger partial charge in [0.15, 0.2) is 6.67 Å². The van der Waals surface area contributed by atoms with Crippen molar-refractivity contribution in [2.45, 2.75) is 5.92 Å². The van der Waals surface area contributed by atoms with Crippen molar-refractivity contribution in [2.75, 3.05) is 6.67 Å². The van der Waals surface area contributed by atoms with Gasteiger partial charge in [-0.3, -0.25) is 4.98 Å². The minimum absolute atomic E-state index is 0.344. The fourth-order valence-electron chi connectivity index (χ4n) is 0.832. The Hall–Kier alpha value is -1.59. The van der Waals surface area contributed by atoms with Crippen molar-refractivity contribution in [3.8, 4) is 0 Å². The minimum Gasteiger partial charge on any atom is -0.478 e. The number of aromatic carboxylic acids is 1. The van der Waals surface area contributed by atoms with Crippen molar-refractivity contribution in [3.05, 3.63) is 29.6 Å². The molecular weight excluding hydrogens is 199 g/mol. The Bertz CT molecular complexity index is 354. The Morgan fingerprint density at radius 3 is 2.71 bits per heavy atom. The van der Waals surface area contributed by atoms with Gasteiger partial charge in [-0.25, -0.2) is 9.18 Å². The molecule has 6 heteroatoms. The smallest absolute Gasteiger partial charge is 0.335 e. The van der Waals surface area contributed by atoms with Gasteiger partial charge in [-0.2, -0.15) is 8.78 Å². The molecule has 0 aromatic carbocycles. The number of carbonyl (C=O) groups is 1. The van der Waals surface area contributed by atoms with Gasteiger partial charge in [0.2, 0.25) is 0 Å². The Morgan fingerprint density at radius 2 is 2.21 bits per heavy atom. The highest BCUT2D eigenvalue weighted by atomic mass is 19.3. The number of rotatable bonds is 3. The second-order valence-corrected chi connectivity index (χ2v) is 2.57. The first kappa shape index (κ1) is 10.5. The van der Waals surface area contributed by atoms with E-state index >= 15 is 0 Å². The number of carboxylic acids is 1. The monoisotopic (exact) mass is 205 g/mol. The Kier molecular flexibility index (Phi) is 2.73. The Labute approximate surface area is 77.2 Å². The van der Waals surface area contributed by atoms with Crippen LogP contribution >= 0.6 is 0 Å². The van der Waals surface area contributed by atoms with Gasteiger partial charge in [-0.1, -0.05) is 0 Å². The van der Waals surface area contributed by atoms with Gasteiger partial charge in [0, 0.05) is 6.20 Å². The van der Waals surface area contributed by atoms with Crippen LogP contribution in [-0.4, -0.2) is 22.7 Å². The zero-order valence-corrected chi connectivity index (χ0v) is 6.88. The summed E-state index contributed by atoms with van der Waals surface area (Å²) in [7, 11) is 0. The molecule has 0 atom stereocenters. The van der Waals surface area contributed by atoms with Crippen LogP contribution in [0.15, 0.2) is 18.3 Å². The van der Waals surface area contributed by atoms with Crippen LogP contribution in [0.25, 0.3) is 0 Å². The van der Waals surface area contributed by atoms with Gasteiger partial charge in [0.25, 0.3) is 0 Å². The van der Waals surface area contributed by atoms with Crippen LogP contribution in [0.5, 0.6) is 0 Å². The second-order valence-electron chi connectivity index (χ2n) is 2.57. The van der Waals surface area contributed by atoms with E-state index in [1.807, 2.05) is 0 Å². The fourth-order valence-corrected chi connectivity index (χ4v) is 0.832. The summed E-state index contributed by atoms with van der Waals surface area (Å²) in [6.07, 6.45) is 0.905. The summed E-state index contributed by atoms with van der Waals surface area (Å²) >= 11 is 0.